The van der Waals surface area contributed by atoms with Crippen molar-refractivity contribution in [3.8, 4) is 11.1 Å². The summed E-state index contributed by atoms with van der Waals surface area (Å²) in [5, 5.41) is 14.0. The predicted octanol–water partition coefficient (Wildman–Crippen LogP) is 10.4. The number of nitrogens with one attached hydrogen (secondary N) is 3. The Labute approximate surface area is 292 Å². The Kier molecular flexibility index (Phi) is 7.77. The van der Waals surface area contributed by atoms with Crippen LogP contribution in [0.1, 0.15) is 51.8 Å². The third kappa shape index (κ3) is 5.66. The molecule has 0 spiro atoms. The van der Waals surface area contributed by atoms with Gasteiger partial charge in [-0.1, -0.05) is 170 Å². The van der Waals surface area contributed by atoms with Crippen LogP contribution in [0.3, 0.4) is 0 Å². The van der Waals surface area contributed by atoms with Gasteiger partial charge in [0.05, 0.1) is 6.04 Å². The summed E-state index contributed by atoms with van der Waals surface area (Å²) in [7, 11) is 0. The molecule has 0 saturated heterocycles. The van der Waals surface area contributed by atoms with Crippen LogP contribution in [-0.2, 0) is 0 Å². The lowest BCUT2D eigenvalue weighted by molar-refractivity contribution is 0.411. The number of amidine groups is 1. The summed E-state index contributed by atoms with van der Waals surface area (Å²) in [5.74, 6) is 0.865. The van der Waals surface area contributed by atoms with E-state index in [0.717, 1.165) is 22.6 Å². The van der Waals surface area contributed by atoms with Crippen molar-refractivity contribution in [2.75, 3.05) is 5.32 Å². The van der Waals surface area contributed by atoms with Gasteiger partial charge < -0.3 is 10.6 Å². The summed E-state index contributed by atoms with van der Waals surface area (Å²) in [5.41, 5.74) is 11.7. The number of anilines is 1. The van der Waals surface area contributed by atoms with Crippen molar-refractivity contribution in [1.29, 1.82) is 0 Å². The quantitative estimate of drug-likeness (QED) is 0.169. The normalized spacial score (nSPS) is 18.3. The summed E-state index contributed by atoms with van der Waals surface area (Å²) >= 11 is 0. The molecule has 0 aromatic heterocycles. The third-order valence-electron chi connectivity index (χ3n) is 9.79. The van der Waals surface area contributed by atoms with Gasteiger partial charge >= 0.3 is 0 Å². The fraction of sp³-hybridized carbons (Fsp3) is 0.0652. The first-order chi connectivity index (χ1) is 24.8. The highest BCUT2D eigenvalue weighted by atomic mass is 15.3. The van der Waals surface area contributed by atoms with Gasteiger partial charge in [-0.2, -0.15) is 0 Å². The molecule has 2 aliphatic rings. The minimum atomic E-state index is -0.231. The fourth-order valence-corrected chi connectivity index (χ4v) is 7.33. The number of hydrogen-bond acceptors (Lipinski definition) is 4. The standard InChI is InChI=1S/C46H36N4/c1-5-15-31(16-6-1)32-25-27-36(28-26-32)45-48-44(35-21-11-4-12-22-35)49-46(50-45)40-30-42-43(38-24-14-13-23-37(38)40)39(33-17-7-2-8-18-33)29-41(47-42)34-19-9-3-10-20-34/h1-30,41,44,46-47,49H,(H,48,50). The zero-order valence-electron chi connectivity index (χ0n) is 27.5. The number of hydrogen-bond donors (Lipinski definition) is 3. The highest BCUT2D eigenvalue weighted by molar-refractivity contribution is 6.06. The van der Waals surface area contributed by atoms with E-state index in [-0.39, 0.29) is 18.4 Å². The summed E-state index contributed by atoms with van der Waals surface area (Å²) in [4.78, 5) is 5.24. The van der Waals surface area contributed by atoms with E-state index in [1.54, 1.807) is 0 Å². The molecule has 240 valence electrons. The van der Waals surface area contributed by atoms with Crippen molar-refractivity contribution in [2.45, 2.75) is 18.4 Å². The molecule has 0 fully saturated rings. The summed E-state index contributed by atoms with van der Waals surface area (Å²) in [6.45, 7) is 0. The molecule has 0 radical (unpaired) electrons. The third-order valence-corrected chi connectivity index (χ3v) is 9.79. The molecule has 4 nitrogen and oxygen atoms in total. The first kappa shape index (κ1) is 29.9. The molecule has 9 rings (SSSR count). The van der Waals surface area contributed by atoms with Crippen LogP contribution in [0.5, 0.6) is 0 Å². The van der Waals surface area contributed by atoms with Crippen molar-refractivity contribution in [2.24, 2.45) is 4.99 Å². The maximum absolute atomic E-state index is 5.24. The van der Waals surface area contributed by atoms with E-state index in [4.69, 9.17) is 4.99 Å². The molecule has 0 saturated carbocycles. The van der Waals surface area contributed by atoms with Crippen LogP contribution in [-0.4, -0.2) is 5.84 Å². The number of benzene rings is 7. The van der Waals surface area contributed by atoms with E-state index < -0.39 is 0 Å². The molecule has 0 bridgehead atoms. The molecule has 0 amide bonds. The van der Waals surface area contributed by atoms with Crippen LogP contribution < -0.4 is 16.0 Å². The molecule has 2 aliphatic heterocycles. The molecule has 4 heteroatoms. The lowest BCUT2D eigenvalue weighted by atomic mass is 9.84. The van der Waals surface area contributed by atoms with Gasteiger partial charge in [0.25, 0.3) is 0 Å². The summed E-state index contributed by atoms with van der Waals surface area (Å²) in [6.07, 6.45) is 1.94. The van der Waals surface area contributed by atoms with E-state index in [1.165, 1.54) is 49.7 Å². The molecular formula is C46H36N4. The summed E-state index contributed by atoms with van der Waals surface area (Å²) < 4.78 is 0. The average molecular weight is 645 g/mol. The van der Waals surface area contributed by atoms with E-state index in [2.05, 4.69) is 198 Å². The van der Waals surface area contributed by atoms with Gasteiger partial charge in [-0.05, 0) is 61.9 Å². The first-order valence-corrected chi connectivity index (χ1v) is 17.2. The molecule has 7 aromatic carbocycles. The van der Waals surface area contributed by atoms with Gasteiger partial charge in [0.15, 0.2) is 0 Å². The molecular weight excluding hydrogens is 609 g/mol. The van der Waals surface area contributed by atoms with Gasteiger partial charge in [-0.25, -0.2) is 4.99 Å². The minimum absolute atomic E-state index is 0.0255. The number of aliphatic imine (C=N–C) groups is 1. The SMILES string of the molecule is C1=C(c2ccccc2)c2c(cc(C3NC(c4ccc(-c5ccccc5)cc4)=NC(c4ccccc4)N3)c3ccccc23)NC1c1ccccc1. The predicted molar refractivity (Wildman–Crippen MR) is 207 cm³/mol. The van der Waals surface area contributed by atoms with Crippen molar-refractivity contribution in [1.82, 2.24) is 10.6 Å². The molecule has 7 aromatic rings. The van der Waals surface area contributed by atoms with Gasteiger partial charge in [0.2, 0.25) is 0 Å². The van der Waals surface area contributed by atoms with Crippen LogP contribution in [0.4, 0.5) is 5.69 Å². The smallest absolute Gasteiger partial charge is 0.131 e. The molecule has 50 heavy (non-hydrogen) atoms. The van der Waals surface area contributed by atoms with E-state index in [1.807, 2.05) is 0 Å². The minimum Gasteiger partial charge on any atom is -0.374 e. The monoisotopic (exact) mass is 644 g/mol. The fourth-order valence-electron chi connectivity index (χ4n) is 7.33. The zero-order valence-corrected chi connectivity index (χ0v) is 27.5. The Hall–Kier alpha value is -6.23. The largest absolute Gasteiger partial charge is 0.374 e. The summed E-state index contributed by atoms with van der Waals surface area (Å²) in [6, 6.07) is 62.3. The van der Waals surface area contributed by atoms with Crippen molar-refractivity contribution in [3.63, 3.8) is 0 Å². The highest BCUT2D eigenvalue weighted by Gasteiger charge is 2.30. The van der Waals surface area contributed by atoms with Crippen molar-refractivity contribution >= 4 is 27.9 Å². The van der Waals surface area contributed by atoms with Crippen molar-refractivity contribution in [3.05, 3.63) is 215 Å². The molecule has 2 heterocycles. The van der Waals surface area contributed by atoms with Crippen LogP contribution in [0.2, 0.25) is 0 Å². The highest BCUT2D eigenvalue weighted by Crippen LogP contribution is 2.45. The van der Waals surface area contributed by atoms with Crippen LogP contribution in [0.25, 0.3) is 27.5 Å². The van der Waals surface area contributed by atoms with Crippen LogP contribution in [0, 0.1) is 0 Å². The Morgan fingerprint density at radius 1 is 0.460 bits per heavy atom. The van der Waals surface area contributed by atoms with Crippen LogP contribution >= 0.6 is 0 Å². The van der Waals surface area contributed by atoms with Gasteiger partial charge in [0, 0.05) is 16.8 Å². The maximum Gasteiger partial charge on any atom is 0.131 e. The van der Waals surface area contributed by atoms with Gasteiger partial charge in [0.1, 0.15) is 18.2 Å². The number of rotatable bonds is 6. The van der Waals surface area contributed by atoms with E-state index in [0.29, 0.717) is 0 Å². The Bertz CT molecular complexity index is 2330. The maximum atomic E-state index is 5.24. The first-order valence-electron chi connectivity index (χ1n) is 17.2. The van der Waals surface area contributed by atoms with E-state index in [9.17, 15) is 0 Å². The van der Waals surface area contributed by atoms with Crippen LogP contribution in [0.15, 0.2) is 187 Å². The average Bonchev–Trinajstić information content (AvgIpc) is 3.21. The zero-order chi connectivity index (χ0) is 33.3. The number of fused-ring (bicyclic) bond motifs is 3. The van der Waals surface area contributed by atoms with Gasteiger partial charge in [-0.15, -0.1) is 0 Å². The molecule has 3 atom stereocenters. The molecule has 3 N–H and O–H groups in total. The Morgan fingerprint density at radius 3 is 1.68 bits per heavy atom. The molecule has 3 unspecified atom stereocenters. The van der Waals surface area contributed by atoms with Crippen molar-refractivity contribution < 1.29 is 0 Å². The lowest BCUT2D eigenvalue weighted by Gasteiger charge is -2.35. The Morgan fingerprint density at radius 2 is 1.00 bits per heavy atom. The second-order valence-electron chi connectivity index (χ2n) is 12.9. The number of nitrogens with zero attached hydrogens (tertiary/aromatic N) is 1. The Balaban J connectivity index is 1.17. The second kappa shape index (κ2) is 13.0. The second-order valence-corrected chi connectivity index (χ2v) is 12.9. The lowest BCUT2D eigenvalue weighted by Crippen LogP contribution is -2.45. The molecule has 0 aliphatic carbocycles. The van der Waals surface area contributed by atoms with Gasteiger partial charge in [-0.3, -0.25) is 5.32 Å². The topological polar surface area (TPSA) is 48.5 Å². The van der Waals surface area contributed by atoms with E-state index >= 15 is 0 Å².